The first-order chi connectivity index (χ1) is 10.4. The zero-order chi connectivity index (χ0) is 17.0. The summed E-state index contributed by atoms with van der Waals surface area (Å²) in [5.74, 6) is -1.11. The molecule has 0 saturated heterocycles. The van der Waals surface area contributed by atoms with E-state index in [-0.39, 0.29) is 18.8 Å². The molecule has 1 unspecified atom stereocenters. The summed E-state index contributed by atoms with van der Waals surface area (Å²) in [6.45, 7) is 5.22. The van der Waals surface area contributed by atoms with E-state index in [0.29, 0.717) is 19.4 Å². The van der Waals surface area contributed by atoms with Gasteiger partial charge in [0, 0.05) is 5.57 Å². The molecule has 0 heterocycles. The highest BCUT2D eigenvalue weighted by atomic mass is 16.6. The van der Waals surface area contributed by atoms with Crippen molar-refractivity contribution in [3.05, 3.63) is 12.2 Å². The second-order valence-electron chi connectivity index (χ2n) is 4.56. The normalized spacial score (nSPS) is 11.2. The van der Waals surface area contributed by atoms with Gasteiger partial charge in [0.15, 0.2) is 0 Å². The smallest absolute Gasteiger partial charge is 0.407 e. The van der Waals surface area contributed by atoms with Gasteiger partial charge in [-0.1, -0.05) is 6.58 Å². The average Bonchev–Trinajstić information content (AvgIpc) is 2.49. The second kappa shape index (κ2) is 11.6. The number of amides is 1. The number of esters is 2. The summed E-state index contributed by atoms with van der Waals surface area (Å²) in [6, 6.07) is -0.790. The summed E-state index contributed by atoms with van der Waals surface area (Å²) in [5.41, 5.74) is 5.63. The van der Waals surface area contributed by atoms with Crippen molar-refractivity contribution >= 4 is 18.0 Å². The highest BCUT2D eigenvalue weighted by Gasteiger charge is 2.21. The Bertz CT molecular complexity index is 397. The topological polar surface area (TPSA) is 117 Å². The number of rotatable bonds is 10. The maximum absolute atomic E-state index is 11.6. The van der Waals surface area contributed by atoms with Crippen molar-refractivity contribution in [1.29, 1.82) is 0 Å². The number of hydrogen-bond donors (Lipinski definition) is 2. The molecule has 1 amide bonds. The van der Waals surface area contributed by atoms with Crippen LogP contribution in [0, 0.1) is 0 Å². The molecule has 126 valence electrons. The van der Waals surface area contributed by atoms with E-state index in [2.05, 4.69) is 16.6 Å². The number of ether oxygens (including phenoxy) is 3. The number of carbonyl (C=O) groups is 3. The van der Waals surface area contributed by atoms with Gasteiger partial charge < -0.3 is 25.3 Å². The Morgan fingerprint density at radius 2 is 1.82 bits per heavy atom. The SMILES string of the molecule is C=C(C)C(=O)OCCOC(=O)NC(CCCCN)C(=O)OC. The second-order valence-corrected chi connectivity index (χ2v) is 4.56. The zero-order valence-corrected chi connectivity index (χ0v) is 13.1. The van der Waals surface area contributed by atoms with Gasteiger partial charge in [-0.2, -0.15) is 0 Å². The van der Waals surface area contributed by atoms with E-state index >= 15 is 0 Å². The van der Waals surface area contributed by atoms with Gasteiger partial charge in [0.2, 0.25) is 0 Å². The molecule has 22 heavy (non-hydrogen) atoms. The van der Waals surface area contributed by atoms with E-state index in [0.717, 1.165) is 6.42 Å². The largest absolute Gasteiger partial charge is 0.467 e. The molecule has 0 radical (unpaired) electrons. The molecule has 3 N–H and O–H groups in total. The molecule has 0 aromatic carbocycles. The van der Waals surface area contributed by atoms with Crippen LogP contribution in [-0.4, -0.2) is 50.9 Å². The predicted molar refractivity (Wildman–Crippen MR) is 79.0 cm³/mol. The van der Waals surface area contributed by atoms with E-state index < -0.39 is 24.1 Å². The number of carbonyl (C=O) groups excluding carboxylic acids is 3. The molecular weight excluding hydrogens is 292 g/mol. The van der Waals surface area contributed by atoms with E-state index in [9.17, 15) is 14.4 Å². The van der Waals surface area contributed by atoms with Crippen molar-refractivity contribution in [1.82, 2.24) is 5.32 Å². The zero-order valence-electron chi connectivity index (χ0n) is 13.1. The third-order valence-electron chi connectivity index (χ3n) is 2.62. The fourth-order valence-electron chi connectivity index (χ4n) is 1.46. The molecule has 0 aromatic rings. The highest BCUT2D eigenvalue weighted by molar-refractivity contribution is 5.86. The maximum Gasteiger partial charge on any atom is 0.407 e. The monoisotopic (exact) mass is 316 g/mol. The number of nitrogens with one attached hydrogen (secondary N) is 1. The minimum atomic E-state index is -0.790. The van der Waals surface area contributed by atoms with Gasteiger partial charge in [-0.25, -0.2) is 14.4 Å². The van der Waals surface area contributed by atoms with Crippen molar-refractivity contribution in [2.45, 2.75) is 32.2 Å². The van der Waals surface area contributed by atoms with Crippen LogP contribution < -0.4 is 11.1 Å². The van der Waals surface area contributed by atoms with Crippen LogP contribution in [0.1, 0.15) is 26.2 Å². The lowest BCUT2D eigenvalue weighted by molar-refractivity contribution is -0.143. The van der Waals surface area contributed by atoms with Crippen LogP contribution in [0.25, 0.3) is 0 Å². The van der Waals surface area contributed by atoms with Gasteiger partial charge in [-0.3, -0.25) is 0 Å². The molecule has 0 aliphatic carbocycles. The summed E-state index contributed by atoms with van der Waals surface area (Å²) in [6.07, 6.45) is 1.03. The first-order valence-corrected chi connectivity index (χ1v) is 6.96. The van der Waals surface area contributed by atoms with E-state index in [1.165, 1.54) is 14.0 Å². The lowest BCUT2D eigenvalue weighted by Crippen LogP contribution is -2.42. The van der Waals surface area contributed by atoms with Crippen LogP contribution in [-0.2, 0) is 23.8 Å². The summed E-state index contributed by atoms with van der Waals surface area (Å²) < 4.78 is 14.2. The summed E-state index contributed by atoms with van der Waals surface area (Å²) in [5, 5.41) is 2.40. The van der Waals surface area contributed by atoms with Crippen LogP contribution in [0.5, 0.6) is 0 Å². The lowest BCUT2D eigenvalue weighted by atomic mass is 10.1. The van der Waals surface area contributed by atoms with Gasteiger partial charge in [0.1, 0.15) is 19.3 Å². The fraction of sp³-hybridized carbons (Fsp3) is 0.643. The van der Waals surface area contributed by atoms with Gasteiger partial charge in [-0.15, -0.1) is 0 Å². The first-order valence-electron chi connectivity index (χ1n) is 6.96. The van der Waals surface area contributed by atoms with E-state index in [1.807, 2.05) is 0 Å². The van der Waals surface area contributed by atoms with Crippen molar-refractivity contribution in [3.63, 3.8) is 0 Å². The maximum atomic E-state index is 11.6. The molecule has 0 bridgehead atoms. The summed E-state index contributed by atoms with van der Waals surface area (Å²) >= 11 is 0. The Morgan fingerprint density at radius 3 is 2.36 bits per heavy atom. The Morgan fingerprint density at radius 1 is 1.18 bits per heavy atom. The minimum Gasteiger partial charge on any atom is -0.467 e. The molecule has 0 fully saturated rings. The Kier molecular flexibility index (Phi) is 10.5. The van der Waals surface area contributed by atoms with E-state index in [1.54, 1.807) is 0 Å². The molecule has 0 saturated carbocycles. The Hall–Kier alpha value is -2.09. The minimum absolute atomic E-state index is 0.0881. The van der Waals surface area contributed by atoms with Gasteiger partial charge in [0.25, 0.3) is 0 Å². The molecule has 0 spiro atoms. The van der Waals surface area contributed by atoms with Gasteiger partial charge in [-0.05, 0) is 32.7 Å². The van der Waals surface area contributed by atoms with Crippen LogP contribution in [0.15, 0.2) is 12.2 Å². The van der Waals surface area contributed by atoms with Crippen molar-refractivity contribution in [2.24, 2.45) is 5.73 Å². The van der Waals surface area contributed by atoms with Crippen LogP contribution in [0.2, 0.25) is 0 Å². The molecule has 8 nitrogen and oxygen atoms in total. The van der Waals surface area contributed by atoms with Crippen LogP contribution in [0.4, 0.5) is 4.79 Å². The molecule has 0 rings (SSSR count). The van der Waals surface area contributed by atoms with Crippen molar-refractivity contribution in [3.8, 4) is 0 Å². The first kappa shape index (κ1) is 19.9. The lowest BCUT2D eigenvalue weighted by Gasteiger charge is -2.16. The molecule has 8 heteroatoms. The third kappa shape index (κ3) is 8.96. The quantitative estimate of drug-likeness (QED) is 0.261. The van der Waals surface area contributed by atoms with Crippen LogP contribution >= 0.6 is 0 Å². The summed E-state index contributed by atoms with van der Waals surface area (Å²) in [4.78, 5) is 34.2. The molecule has 0 aliphatic rings. The van der Waals surface area contributed by atoms with Crippen LogP contribution in [0.3, 0.4) is 0 Å². The molecule has 0 aliphatic heterocycles. The molecular formula is C14H24N2O6. The molecule has 1 atom stereocenters. The van der Waals surface area contributed by atoms with Gasteiger partial charge >= 0.3 is 18.0 Å². The van der Waals surface area contributed by atoms with Gasteiger partial charge in [0.05, 0.1) is 7.11 Å². The number of unbranched alkanes of at least 4 members (excludes halogenated alkanes) is 1. The fourth-order valence-corrected chi connectivity index (χ4v) is 1.46. The Labute approximate surface area is 130 Å². The van der Waals surface area contributed by atoms with E-state index in [4.69, 9.17) is 15.2 Å². The number of nitrogens with two attached hydrogens (primary N) is 1. The standard InChI is InChI=1S/C14H24N2O6/c1-10(2)12(17)21-8-9-22-14(19)16-11(13(18)20-3)6-4-5-7-15/h11H,1,4-9,15H2,2-3H3,(H,16,19). The third-order valence-corrected chi connectivity index (χ3v) is 2.62. The van der Waals surface area contributed by atoms with Crippen molar-refractivity contribution in [2.75, 3.05) is 26.9 Å². The predicted octanol–water partition coefficient (Wildman–Crippen LogP) is 0.503. The summed E-state index contributed by atoms with van der Waals surface area (Å²) in [7, 11) is 1.24. The highest BCUT2D eigenvalue weighted by Crippen LogP contribution is 2.03. The van der Waals surface area contributed by atoms with Crippen molar-refractivity contribution < 1.29 is 28.6 Å². The number of alkyl carbamates (subject to hydrolysis) is 1. The Balaban J connectivity index is 4.08. The number of hydrogen-bond acceptors (Lipinski definition) is 7. The molecule has 0 aromatic heterocycles. The average molecular weight is 316 g/mol. The number of methoxy groups -OCH3 is 1.